The van der Waals surface area contributed by atoms with Crippen LogP contribution in [0.1, 0.15) is 27.6 Å². The normalized spacial score (nSPS) is 12.0. The van der Waals surface area contributed by atoms with Gasteiger partial charge in [-0.2, -0.15) is 0 Å². The molecule has 0 saturated carbocycles. The van der Waals surface area contributed by atoms with E-state index >= 15 is 0 Å². The van der Waals surface area contributed by atoms with Crippen LogP contribution in [-0.4, -0.2) is 17.6 Å². The molecule has 0 aliphatic heterocycles. The maximum atomic E-state index is 12.8. The second-order valence-electron chi connectivity index (χ2n) is 4.74. The zero-order valence-electron chi connectivity index (χ0n) is 11.5. The lowest BCUT2D eigenvalue weighted by molar-refractivity contribution is 0.0967. The third kappa shape index (κ3) is 3.79. The largest absolute Gasteiger partial charge is 0.490 e. The summed E-state index contributed by atoms with van der Waals surface area (Å²) in [7, 11) is 0. The molecule has 0 fully saturated rings. The molecular weight excluding hydrogens is 273 g/mol. The minimum atomic E-state index is -0.924. The number of carbonyl (C=O) groups is 1. The Morgan fingerprint density at radius 3 is 2.57 bits per heavy atom. The fraction of sp³-hybridized carbons (Fsp3) is 0.188. The molecule has 0 heterocycles. The van der Waals surface area contributed by atoms with Crippen molar-refractivity contribution in [3.05, 3.63) is 65.0 Å². The number of amides is 1. The molecule has 3 N–H and O–H groups in total. The summed E-state index contributed by atoms with van der Waals surface area (Å²) < 4.78 is 18.3. The highest BCUT2D eigenvalue weighted by atomic mass is 19.1. The van der Waals surface area contributed by atoms with Gasteiger partial charge in [0, 0.05) is 0 Å². The van der Waals surface area contributed by atoms with Crippen LogP contribution in [0, 0.1) is 12.7 Å². The van der Waals surface area contributed by atoms with Gasteiger partial charge >= 0.3 is 0 Å². The lowest BCUT2D eigenvalue weighted by Crippen LogP contribution is -2.15. The summed E-state index contributed by atoms with van der Waals surface area (Å²) in [5.74, 6) is -0.647. The van der Waals surface area contributed by atoms with Gasteiger partial charge in [-0.05, 0) is 42.3 Å². The molecule has 0 bridgehead atoms. The first kappa shape index (κ1) is 15.0. The van der Waals surface area contributed by atoms with Gasteiger partial charge in [-0.3, -0.25) is 4.79 Å². The topological polar surface area (TPSA) is 72.6 Å². The third-order valence-electron chi connectivity index (χ3n) is 3.05. The molecule has 21 heavy (non-hydrogen) atoms. The van der Waals surface area contributed by atoms with E-state index in [0.717, 1.165) is 5.56 Å². The van der Waals surface area contributed by atoms with Crippen molar-refractivity contribution in [3.63, 3.8) is 0 Å². The van der Waals surface area contributed by atoms with Crippen LogP contribution in [0.25, 0.3) is 0 Å². The maximum absolute atomic E-state index is 12.8. The van der Waals surface area contributed by atoms with Crippen LogP contribution in [0.15, 0.2) is 42.5 Å². The van der Waals surface area contributed by atoms with Gasteiger partial charge in [0.15, 0.2) is 0 Å². The van der Waals surface area contributed by atoms with Crippen LogP contribution in [-0.2, 0) is 0 Å². The predicted octanol–water partition coefficient (Wildman–Crippen LogP) is 2.35. The van der Waals surface area contributed by atoms with Crippen LogP contribution in [0.4, 0.5) is 4.39 Å². The van der Waals surface area contributed by atoms with Crippen molar-refractivity contribution in [1.29, 1.82) is 0 Å². The van der Waals surface area contributed by atoms with Crippen LogP contribution in [0.2, 0.25) is 0 Å². The van der Waals surface area contributed by atoms with E-state index in [9.17, 15) is 14.3 Å². The molecule has 2 rings (SSSR count). The van der Waals surface area contributed by atoms with E-state index in [1.165, 1.54) is 24.3 Å². The molecule has 2 aromatic rings. The first-order valence-corrected chi connectivity index (χ1v) is 6.44. The number of benzene rings is 2. The highest BCUT2D eigenvalue weighted by molar-refractivity contribution is 5.95. The van der Waals surface area contributed by atoms with Crippen molar-refractivity contribution in [3.8, 4) is 5.75 Å². The second-order valence-corrected chi connectivity index (χ2v) is 4.74. The number of hydrogen-bond acceptors (Lipinski definition) is 3. The first-order chi connectivity index (χ1) is 9.97. The summed E-state index contributed by atoms with van der Waals surface area (Å²) >= 11 is 0. The molecule has 1 amide bonds. The molecule has 4 nitrogen and oxygen atoms in total. The van der Waals surface area contributed by atoms with E-state index in [1.807, 2.05) is 6.92 Å². The summed E-state index contributed by atoms with van der Waals surface area (Å²) in [6.07, 6.45) is -0.924. The Balaban J connectivity index is 2.10. The Hall–Kier alpha value is -2.40. The average molecular weight is 289 g/mol. The standard InChI is InChI=1S/C16H16FNO3/c1-10-2-7-13(16(18)20)15(8-10)21-9-14(19)11-3-5-12(17)6-4-11/h2-8,14,19H,9H2,1H3,(H2,18,20). The quantitative estimate of drug-likeness (QED) is 0.887. The number of aliphatic hydroxyl groups is 1. The Labute approximate surface area is 122 Å². The number of halogens is 1. The molecule has 0 saturated heterocycles. The van der Waals surface area contributed by atoms with E-state index < -0.39 is 12.0 Å². The predicted molar refractivity (Wildman–Crippen MR) is 76.6 cm³/mol. The van der Waals surface area contributed by atoms with Crippen LogP contribution in [0.5, 0.6) is 5.75 Å². The molecular formula is C16H16FNO3. The molecule has 0 radical (unpaired) electrons. The fourth-order valence-corrected chi connectivity index (χ4v) is 1.90. The first-order valence-electron chi connectivity index (χ1n) is 6.44. The van der Waals surface area contributed by atoms with Crippen LogP contribution < -0.4 is 10.5 Å². The smallest absolute Gasteiger partial charge is 0.252 e. The van der Waals surface area contributed by atoms with Gasteiger partial charge in [-0.25, -0.2) is 4.39 Å². The van der Waals surface area contributed by atoms with E-state index in [4.69, 9.17) is 10.5 Å². The molecule has 1 unspecified atom stereocenters. The molecule has 0 aliphatic carbocycles. The minimum Gasteiger partial charge on any atom is -0.490 e. The second kappa shape index (κ2) is 6.37. The van der Waals surface area contributed by atoms with Crippen molar-refractivity contribution in [1.82, 2.24) is 0 Å². The van der Waals surface area contributed by atoms with Crippen LogP contribution in [0.3, 0.4) is 0 Å². The number of rotatable bonds is 5. The highest BCUT2D eigenvalue weighted by Gasteiger charge is 2.13. The van der Waals surface area contributed by atoms with Crippen molar-refractivity contribution < 1.29 is 19.0 Å². The van der Waals surface area contributed by atoms with Crippen molar-refractivity contribution in [2.45, 2.75) is 13.0 Å². The number of carbonyl (C=O) groups excluding carboxylic acids is 1. The molecule has 1 atom stereocenters. The Morgan fingerprint density at radius 1 is 1.29 bits per heavy atom. The summed E-state index contributed by atoms with van der Waals surface area (Å²) in [5, 5.41) is 10.0. The summed E-state index contributed by atoms with van der Waals surface area (Å²) in [6, 6.07) is 10.5. The zero-order valence-corrected chi connectivity index (χ0v) is 11.5. The number of nitrogens with two attached hydrogens (primary N) is 1. The SMILES string of the molecule is Cc1ccc(C(N)=O)c(OCC(O)c2ccc(F)cc2)c1. The molecule has 0 aromatic heterocycles. The van der Waals surface area contributed by atoms with Gasteiger partial charge < -0.3 is 15.6 Å². The van der Waals surface area contributed by atoms with Gasteiger partial charge in [-0.15, -0.1) is 0 Å². The summed E-state index contributed by atoms with van der Waals surface area (Å²) in [4.78, 5) is 11.3. The number of hydrogen-bond donors (Lipinski definition) is 2. The van der Waals surface area contributed by atoms with Crippen molar-refractivity contribution in [2.24, 2.45) is 5.73 Å². The monoisotopic (exact) mass is 289 g/mol. The third-order valence-corrected chi connectivity index (χ3v) is 3.05. The van der Waals surface area contributed by atoms with Crippen molar-refractivity contribution in [2.75, 3.05) is 6.61 Å². The molecule has 110 valence electrons. The van der Waals surface area contributed by atoms with E-state index in [1.54, 1.807) is 18.2 Å². The maximum Gasteiger partial charge on any atom is 0.252 e. The number of aliphatic hydroxyl groups excluding tert-OH is 1. The Kier molecular flexibility index (Phi) is 4.55. The van der Waals surface area contributed by atoms with Gasteiger partial charge in [0.2, 0.25) is 0 Å². The summed E-state index contributed by atoms with van der Waals surface area (Å²) in [5.41, 5.74) is 6.97. The molecule has 0 spiro atoms. The van der Waals surface area contributed by atoms with E-state index in [-0.39, 0.29) is 18.0 Å². The Bertz CT molecular complexity index is 640. The lowest BCUT2D eigenvalue weighted by atomic mass is 10.1. The van der Waals surface area contributed by atoms with Crippen LogP contribution >= 0.6 is 0 Å². The highest BCUT2D eigenvalue weighted by Crippen LogP contribution is 2.22. The van der Waals surface area contributed by atoms with Gasteiger partial charge in [0.1, 0.15) is 24.3 Å². The fourth-order valence-electron chi connectivity index (χ4n) is 1.90. The zero-order chi connectivity index (χ0) is 15.4. The number of ether oxygens (including phenoxy) is 1. The number of primary amides is 1. The van der Waals surface area contributed by atoms with E-state index in [0.29, 0.717) is 11.3 Å². The Morgan fingerprint density at radius 2 is 1.95 bits per heavy atom. The number of aryl methyl sites for hydroxylation is 1. The molecule has 5 heteroatoms. The van der Waals surface area contributed by atoms with Crippen molar-refractivity contribution >= 4 is 5.91 Å². The van der Waals surface area contributed by atoms with Gasteiger partial charge in [0.25, 0.3) is 5.91 Å². The van der Waals surface area contributed by atoms with E-state index in [2.05, 4.69) is 0 Å². The lowest BCUT2D eigenvalue weighted by Gasteiger charge is -2.15. The molecule has 2 aromatic carbocycles. The molecule has 0 aliphatic rings. The van der Waals surface area contributed by atoms with Gasteiger partial charge in [-0.1, -0.05) is 18.2 Å². The average Bonchev–Trinajstić information content (AvgIpc) is 2.45. The minimum absolute atomic E-state index is 0.0602. The van der Waals surface area contributed by atoms with Gasteiger partial charge in [0.05, 0.1) is 5.56 Å². The summed E-state index contributed by atoms with van der Waals surface area (Å²) in [6.45, 7) is 1.80.